The van der Waals surface area contributed by atoms with Crippen molar-refractivity contribution in [3.05, 3.63) is 94.5 Å². The first kappa shape index (κ1) is 20.0. The first-order chi connectivity index (χ1) is 13.8. The van der Waals surface area contributed by atoms with E-state index in [9.17, 15) is 14.4 Å². The van der Waals surface area contributed by atoms with Gasteiger partial charge < -0.3 is 10.1 Å². The maximum absolute atomic E-state index is 13.1. The Labute approximate surface area is 169 Å². The number of ether oxygens (including phenoxy) is 1. The van der Waals surface area contributed by atoms with Gasteiger partial charge in [-0.3, -0.25) is 9.59 Å². The minimum absolute atomic E-state index is 0.186. The summed E-state index contributed by atoms with van der Waals surface area (Å²) in [6, 6.07) is 18.7. The highest BCUT2D eigenvalue weighted by atomic mass is 16.5. The minimum Gasteiger partial charge on any atom is -0.423 e. The molecule has 3 aromatic rings. The van der Waals surface area contributed by atoms with Crippen LogP contribution >= 0.6 is 0 Å². The second-order valence-corrected chi connectivity index (χ2v) is 6.79. The molecule has 0 radical (unpaired) electrons. The average Bonchev–Trinajstić information content (AvgIpc) is 2.70. The van der Waals surface area contributed by atoms with Crippen LogP contribution in [-0.4, -0.2) is 17.7 Å². The molecule has 146 valence electrons. The lowest BCUT2D eigenvalue weighted by atomic mass is 9.94. The fourth-order valence-electron chi connectivity index (χ4n) is 2.96. The summed E-state index contributed by atoms with van der Waals surface area (Å²) in [5, 5.41) is 2.64. The highest BCUT2D eigenvalue weighted by molar-refractivity contribution is 6.15. The fourth-order valence-corrected chi connectivity index (χ4v) is 2.96. The molecule has 0 aliphatic rings. The van der Waals surface area contributed by atoms with E-state index in [4.69, 9.17) is 4.74 Å². The molecule has 0 saturated carbocycles. The van der Waals surface area contributed by atoms with Crippen molar-refractivity contribution >= 4 is 23.3 Å². The van der Waals surface area contributed by atoms with Crippen LogP contribution < -0.4 is 10.1 Å². The molecular weight excluding hydrogens is 366 g/mol. The molecule has 3 rings (SSSR count). The van der Waals surface area contributed by atoms with E-state index in [0.29, 0.717) is 22.6 Å². The van der Waals surface area contributed by atoms with Crippen molar-refractivity contribution in [2.75, 3.05) is 5.32 Å². The average molecular weight is 387 g/mol. The number of amides is 1. The van der Waals surface area contributed by atoms with Crippen LogP contribution in [0.1, 0.15) is 44.3 Å². The van der Waals surface area contributed by atoms with Crippen LogP contribution in [0.15, 0.2) is 66.7 Å². The van der Waals surface area contributed by atoms with Gasteiger partial charge in [0, 0.05) is 23.7 Å². The van der Waals surface area contributed by atoms with E-state index in [0.717, 1.165) is 11.1 Å². The van der Waals surface area contributed by atoms with Crippen LogP contribution in [-0.2, 0) is 4.79 Å². The maximum atomic E-state index is 13.1. The Morgan fingerprint density at radius 3 is 2.10 bits per heavy atom. The third-order valence-corrected chi connectivity index (χ3v) is 4.41. The number of carbonyl (C=O) groups excluding carboxylic acids is 3. The second-order valence-electron chi connectivity index (χ2n) is 6.79. The number of aryl methyl sites for hydroxylation is 2. The van der Waals surface area contributed by atoms with Crippen LogP contribution in [0.3, 0.4) is 0 Å². The Hall–Kier alpha value is -3.73. The molecule has 0 heterocycles. The normalized spacial score (nSPS) is 10.3. The van der Waals surface area contributed by atoms with E-state index in [1.807, 2.05) is 32.0 Å². The summed E-state index contributed by atoms with van der Waals surface area (Å²) >= 11 is 0. The maximum Gasteiger partial charge on any atom is 0.344 e. The van der Waals surface area contributed by atoms with Crippen LogP contribution in [0.5, 0.6) is 5.75 Å². The van der Waals surface area contributed by atoms with Gasteiger partial charge >= 0.3 is 5.97 Å². The zero-order valence-corrected chi connectivity index (χ0v) is 16.5. The van der Waals surface area contributed by atoms with Crippen LogP contribution in [0.4, 0.5) is 5.69 Å². The van der Waals surface area contributed by atoms with E-state index in [2.05, 4.69) is 5.32 Å². The van der Waals surface area contributed by atoms with Crippen LogP contribution in [0, 0.1) is 13.8 Å². The van der Waals surface area contributed by atoms with Gasteiger partial charge in [-0.25, -0.2) is 4.79 Å². The molecular formula is C24H21NO4. The molecule has 3 aromatic carbocycles. The first-order valence-electron chi connectivity index (χ1n) is 9.16. The Morgan fingerprint density at radius 2 is 1.45 bits per heavy atom. The molecule has 0 saturated heterocycles. The quantitative estimate of drug-likeness (QED) is 0.391. The third kappa shape index (κ3) is 4.76. The van der Waals surface area contributed by atoms with Crippen molar-refractivity contribution in [2.24, 2.45) is 0 Å². The number of ketones is 1. The highest BCUT2D eigenvalue weighted by Crippen LogP contribution is 2.22. The van der Waals surface area contributed by atoms with Gasteiger partial charge in [0.2, 0.25) is 5.91 Å². The second kappa shape index (κ2) is 8.52. The van der Waals surface area contributed by atoms with E-state index in [1.54, 1.807) is 48.5 Å². The van der Waals surface area contributed by atoms with Crippen LogP contribution in [0.25, 0.3) is 0 Å². The zero-order chi connectivity index (χ0) is 21.0. The molecule has 29 heavy (non-hydrogen) atoms. The summed E-state index contributed by atoms with van der Waals surface area (Å²) in [6.07, 6.45) is 0. The van der Waals surface area contributed by atoms with Crippen molar-refractivity contribution in [3.8, 4) is 5.75 Å². The van der Waals surface area contributed by atoms with E-state index < -0.39 is 5.97 Å². The van der Waals surface area contributed by atoms with E-state index in [-0.39, 0.29) is 17.3 Å². The Bertz CT molecular complexity index is 1080. The molecule has 1 amide bonds. The van der Waals surface area contributed by atoms with Gasteiger partial charge in [-0.05, 0) is 55.8 Å². The zero-order valence-electron chi connectivity index (χ0n) is 16.5. The molecule has 0 bridgehead atoms. The molecule has 0 atom stereocenters. The van der Waals surface area contributed by atoms with Crippen molar-refractivity contribution in [2.45, 2.75) is 20.8 Å². The Kier molecular flexibility index (Phi) is 5.88. The van der Waals surface area contributed by atoms with Gasteiger partial charge in [-0.15, -0.1) is 0 Å². The van der Waals surface area contributed by atoms with Gasteiger partial charge in [0.05, 0.1) is 5.56 Å². The number of hydrogen-bond donors (Lipinski definition) is 1. The predicted molar refractivity (Wildman–Crippen MR) is 111 cm³/mol. The third-order valence-electron chi connectivity index (χ3n) is 4.41. The smallest absolute Gasteiger partial charge is 0.344 e. The Morgan fingerprint density at radius 1 is 0.793 bits per heavy atom. The van der Waals surface area contributed by atoms with Crippen molar-refractivity contribution in [1.82, 2.24) is 0 Å². The summed E-state index contributed by atoms with van der Waals surface area (Å²) in [5.41, 5.74) is 3.47. The summed E-state index contributed by atoms with van der Waals surface area (Å²) in [7, 11) is 0. The lowest BCUT2D eigenvalue weighted by Gasteiger charge is -2.11. The molecule has 0 spiro atoms. The van der Waals surface area contributed by atoms with Gasteiger partial charge in [-0.1, -0.05) is 35.9 Å². The van der Waals surface area contributed by atoms with Gasteiger partial charge in [-0.2, -0.15) is 0 Å². The number of carbonyl (C=O) groups is 3. The Balaban J connectivity index is 1.86. The molecule has 0 fully saturated rings. The lowest BCUT2D eigenvalue weighted by molar-refractivity contribution is -0.114. The number of nitrogens with one attached hydrogen (secondary N) is 1. The molecule has 1 N–H and O–H groups in total. The topological polar surface area (TPSA) is 72.5 Å². The molecule has 0 unspecified atom stereocenters. The molecule has 0 aromatic heterocycles. The first-order valence-corrected chi connectivity index (χ1v) is 9.16. The number of esters is 1. The number of hydrogen-bond acceptors (Lipinski definition) is 4. The van der Waals surface area contributed by atoms with Crippen molar-refractivity contribution < 1.29 is 19.1 Å². The van der Waals surface area contributed by atoms with E-state index in [1.165, 1.54) is 6.92 Å². The highest BCUT2D eigenvalue weighted by Gasteiger charge is 2.21. The monoisotopic (exact) mass is 387 g/mol. The number of benzene rings is 3. The molecule has 0 aliphatic heterocycles. The van der Waals surface area contributed by atoms with Crippen molar-refractivity contribution in [1.29, 1.82) is 0 Å². The lowest BCUT2D eigenvalue weighted by Crippen LogP contribution is -2.15. The number of rotatable bonds is 5. The van der Waals surface area contributed by atoms with E-state index >= 15 is 0 Å². The standard InChI is InChI=1S/C24H21NO4/c1-15-8-9-16(2)22(14-15)23(27)20-6-4-5-7-21(20)24(28)29-19-12-10-18(11-13-19)25-17(3)26/h4-14H,1-3H3,(H,25,26). The summed E-state index contributed by atoms with van der Waals surface area (Å²) in [5.74, 6) is -0.710. The summed E-state index contributed by atoms with van der Waals surface area (Å²) in [6.45, 7) is 5.20. The SMILES string of the molecule is CC(=O)Nc1ccc(OC(=O)c2ccccc2C(=O)c2cc(C)ccc2C)cc1. The minimum atomic E-state index is -0.619. The summed E-state index contributed by atoms with van der Waals surface area (Å²) in [4.78, 5) is 36.9. The fraction of sp³-hybridized carbons (Fsp3) is 0.125. The molecule has 5 nitrogen and oxygen atoms in total. The largest absolute Gasteiger partial charge is 0.423 e. The van der Waals surface area contributed by atoms with Crippen LogP contribution in [0.2, 0.25) is 0 Å². The van der Waals surface area contributed by atoms with Gasteiger partial charge in [0.15, 0.2) is 5.78 Å². The molecule has 0 aliphatic carbocycles. The van der Waals surface area contributed by atoms with Gasteiger partial charge in [0.1, 0.15) is 5.75 Å². The molecule has 5 heteroatoms. The predicted octanol–water partition coefficient (Wildman–Crippen LogP) is 4.71. The van der Waals surface area contributed by atoms with Crippen molar-refractivity contribution in [3.63, 3.8) is 0 Å². The summed E-state index contributed by atoms with van der Waals surface area (Å²) < 4.78 is 5.44. The van der Waals surface area contributed by atoms with Gasteiger partial charge in [0.25, 0.3) is 0 Å². The number of anilines is 1.